The van der Waals surface area contributed by atoms with E-state index in [-0.39, 0.29) is 0 Å². The third-order valence-electron chi connectivity index (χ3n) is 4.43. The summed E-state index contributed by atoms with van der Waals surface area (Å²) >= 11 is 5.31. The van der Waals surface area contributed by atoms with Gasteiger partial charge in [-0.15, -0.1) is 0 Å². The van der Waals surface area contributed by atoms with E-state index in [1.165, 1.54) is 11.1 Å². The van der Waals surface area contributed by atoms with E-state index in [0.717, 1.165) is 36.8 Å². The van der Waals surface area contributed by atoms with Gasteiger partial charge in [0.05, 0.1) is 0 Å². The molecule has 0 unspecified atom stereocenters. The van der Waals surface area contributed by atoms with Crippen LogP contribution in [-0.2, 0) is 11.2 Å². The number of carbonyl (C=O) groups is 1. The molecule has 116 valence electrons. The zero-order valence-corrected chi connectivity index (χ0v) is 14.9. The van der Waals surface area contributed by atoms with E-state index in [1.54, 1.807) is 11.3 Å². The standard InChI is InChI=1S/C18H20BrNOS/c19-17-4-2-1-3-15(17)5-6-18(21)20-10-7-14(8-11-20)16-9-12-22-13-16/h1-4,9,12-14H,5-8,10-11H2. The number of piperidine rings is 1. The summed E-state index contributed by atoms with van der Waals surface area (Å²) in [6.07, 6.45) is 3.60. The smallest absolute Gasteiger partial charge is 0.222 e. The maximum absolute atomic E-state index is 12.4. The zero-order valence-electron chi connectivity index (χ0n) is 12.5. The number of amides is 1. The van der Waals surface area contributed by atoms with Gasteiger partial charge >= 0.3 is 0 Å². The van der Waals surface area contributed by atoms with Gasteiger partial charge in [-0.05, 0) is 59.2 Å². The maximum Gasteiger partial charge on any atom is 0.222 e. The summed E-state index contributed by atoms with van der Waals surface area (Å²) in [6.45, 7) is 1.80. The highest BCUT2D eigenvalue weighted by Crippen LogP contribution is 2.29. The number of hydrogen-bond donors (Lipinski definition) is 0. The Labute approximate surface area is 144 Å². The van der Waals surface area contributed by atoms with Gasteiger partial charge in [-0.2, -0.15) is 11.3 Å². The van der Waals surface area contributed by atoms with E-state index in [2.05, 4.69) is 38.8 Å². The van der Waals surface area contributed by atoms with E-state index < -0.39 is 0 Å². The number of thiophene rings is 1. The predicted octanol–water partition coefficient (Wildman–Crippen LogP) is 4.85. The number of halogens is 1. The molecule has 22 heavy (non-hydrogen) atoms. The molecule has 0 aliphatic carbocycles. The summed E-state index contributed by atoms with van der Waals surface area (Å²) < 4.78 is 1.10. The van der Waals surface area contributed by atoms with Crippen LogP contribution in [0.2, 0.25) is 0 Å². The topological polar surface area (TPSA) is 20.3 Å². The Kier molecular flexibility index (Phi) is 5.32. The predicted molar refractivity (Wildman–Crippen MR) is 95.3 cm³/mol. The number of nitrogens with zero attached hydrogens (tertiary/aromatic N) is 1. The minimum atomic E-state index is 0.291. The third kappa shape index (κ3) is 3.79. The summed E-state index contributed by atoms with van der Waals surface area (Å²) in [5.74, 6) is 0.929. The van der Waals surface area contributed by atoms with Gasteiger partial charge in [0.2, 0.25) is 5.91 Å². The Bertz CT molecular complexity index is 618. The molecule has 2 aromatic rings. The van der Waals surface area contributed by atoms with Crippen LogP contribution in [0, 0.1) is 0 Å². The maximum atomic E-state index is 12.4. The molecule has 1 aliphatic heterocycles. The second-order valence-corrected chi connectivity index (χ2v) is 7.44. The number of hydrogen-bond acceptors (Lipinski definition) is 2. The van der Waals surface area contributed by atoms with E-state index in [1.807, 2.05) is 23.1 Å². The molecule has 0 saturated carbocycles. The first-order valence-electron chi connectivity index (χ1n) is 7.77. The van der Waals surface area contributed by atoms with Crippen molar-refractivity contribution in [1.29, 1.82) is 0 Å². The molecule has 1 amide bonds. The normalized spacial score (nSPS) is 16.0. The SMILES string of the molecule is O=C(CCc1ccccc1Br)N1CCC(c2ccsc2)CC1. The Balaban J connectivity index is 1.49. The zero-order chi connectivity index (χ0) is 15.4. The summed E-state index contributed by atoms with van der Waals surface area (Å²) in [5, 5.41) is 4.39. The quantitative estimate of drug-likeness (QED) is 0.745. The molecule has 2 nitrogen and oxygen atoms in total. The van der Waals surface area contributed by atoms with E-state index in [9.17, 15) is 4.79 Å². The van der Waals surface area contributed by atoms with Crippen molar-refractivity contribution in [2.45, 2.75) is 31.6 Å². The number of benzene rings is 1. The van der Waals surface area contributed by atoms with Crippen molar-refractivity contribution in [2.24, 2.45) is 0 Å². The Hall–Kier alpha value is -1.13. The summed E-state index contributed by atoms with van der Waals surface area (Å²) in [7, 11) is 0. The van der Waals surface area contributed by atoms with Crippen LogP contribution in [0.1, 0.15) is 36.3 Å². The van der Waals surface area contributed by atoms with Crippen LogP contribution in [0.15, 0.2) is 45.6 Å². The van der Waals surface area contributed by atoms with Crippen LogP contribution in [-0.4, -0.2) is 23.9 Å². The van der Waals surface area contributed by atoms with Gasteiger partial charge in [0.25, 0.3) is 0 Å². The van der Waals surface area contributed by atoms with E-state index >= 15 is 0 Å². The molecule has 1 aromatic carbocycles. The van der Waals surface area contributed by atoms with Crippen LogP contribution in [0.3, 0.4) is 0 Å². The molecule has 1 saturated heterocycles. The van der Waals surface area contributed by atoms with Crippen molar-refractivity contribution in [2.75, 3.05) is 13.1 Å². The molecular formula is C18H20BrNOS. The Morgan fingerprint density at radius 1 is 1.23 bits per heavy atom. The number of rotatable bonds is 4. The van der Waals surface area contributed by atoms with E-state index in [0.29, 0.717) is 18.2 Å². The van der Waals surface area contributed by atoms with Gasteiger partial charge in [0.1, 0.15) is 0 Å². The monoisotopic (exact) mass is 377 g/mol. The lowest BCUT2D eigenvalue weighted by molar-refractivity contribution is -0.132. The number of carbonyl (C=O) groups excluding carboxylic acids is 1. The second kappa shape index (κ2) is 7.42. The van der Waals surface area contributed by atoms with Gasteiger partial charge < -0.3 is 4.90 Å². The van der Waals surface area contributed by atoms with Gasteiger partial charge in [-0.3, -0.25) is 4.79 Å². The van der Waals surface area contributed by atoms with Gasteiger partial charge in [0.15, 0.2) is 0 Å². The molecule has 1 aromatic heterocycles. The lowest BCUT2D eigenvalue weighted by Crippen LogP contribution is -2.37. The van der Waals surface area contributed by atoms with Gasteiger partial charge in [-0.1, -0.05) is 34.1 Å². The Morgan fingerprint density at radius 2 is 2.00 bits per heavy atom. The molecule has 1 fully saturated rings. The molecule has 0 spiro atoms. The Morgan fingerprint density at radius 3 is 2.68 bits per heavy atom. The summed E-state index contributed by atoms with van der Waals surface area (Å²) in [4.78, 5) is 14.4. The average Bonchev–Trinajstić information content (AvgIpc) is 3.08. The molecule has 0 bridgehead atoms. The fraction of sp³-hybridized carbons (Fsp3) is 0.389. The first kappa shape index (κ1) is 15.8. The molecule has 4 heteroatoms. The van der Waals surface area contributed by atoms with Crippen LogP contribution in [0.5, 0.6) is 0 Å². The van der Waals surface area contributed by atoms with Crippen LogP contribution in [0.25, 0.3) is 0 Å². The molecule has 0 N–H and O–H groups in total. The van der Waals surface area contributed by atoms with Crippen molar-refractivity contribution in [3.8, 4) is 0 Å². The molecular weight excluding hydrogens is 358 g/mol. The molecule has 0 radical (unpaired) electrons. The van der Waals surface area contributed by atoms with Crippen molar-refractivity contribution in [3.63, 3.8) is 0 Å². The fourth-order valence-corrected chi connectivity index (χ4v) is 4.30. The first-order chi connectivity index (χ1) is 10.7. The first-order valence-corrected chi connectivity index (χ1v) is 9.51. The van der Waals surface area contributed by atoms with Crippen LogP contribution < -0.4 is 0 Å². The molecule has 2 heterocycles. The van der Waals surface area contributed by atoms with Crippen molar-refractivity contribution in [1.82, 2.24) is 4.90 Å². The lowest BCUT2D eigenvalue weighted by atomic mass is 9.91. The van der Waals surface area contributed by atoms with Crippen molar-refractivity contribution >= 4 is 33.2 Å². The largest absolute Gasteiger partial charge is 0.343 e. The minimum Gasteiger partial charge on any atom is -0.343 e. The second-order valence-electron chi connectivity index (χ2n) is 5.80. The minimum absolute atomic E-state index is 0.291. The number of likely N-dealkylation sites (tertiary alicyclic amines) is 1. The average molecular weight is 378 g/mol. The highest BCUT2D eigenvalue weighted by Gasteiger charge is 2.23. The van der Waals surface area contributed by atoms with Crippen LogP contribution >= 0.6 is 27.3 Å². The highest BCUT2D eigenvalue weighted by atomic mass is 79.9. The molecule has 1 aliphatic rings. The lowest BCUT2D eigenvalue weighted by Gasteiger charge is -2.32. The van der Waals surface area contributed by atoms with Crippen LogP contribution in [0.4, 0.5) is 0 Å². The van der Waals surface area contributed by atoms with Gasteiger partial charge in [0, 0.05) is 24.0 Å². The van der Waals surface area contributed by atoms with Crippen molar-refractivity contribution < 1.29 is 4.79 Å². The van der Waals surface area contributed by atoms with Gasteiger partial charge in [-0.25, -0.2) is 0 Å². The van der Waals surface area contributed by atoms with E-state index in [4.69, 9.17) is 0 Å². The third-order valence-corrected chi connectivity index (χ3v) is 5.90. The highest BCUT2D eigenvalue weighted by molar-refractivity contribution is 9.10. The van der Waals surface area contributed by atoms with Crippen molar-refractivity contribution in [3.05, 3.63) is 56.7 Å². The molecule has 0 atom stereocenters. The molecule has 3 rings (SSSR count). The summed E-state index contributed by atoms with van der Waals surface area (Å²) in [6, 6.07) is 10.4. The number of aryl methyl sites for hydroxylation is 1. The fourth-order valence-electron chi connectivity index (χ4n) is 3.07. The summed E-state index contributed by atoms with van der Waals surface area (Å²) in [5.41, 5.74) is 2.66.